The molecule has 1 aromatic heterocycles. The Morgan fingerprint density at radius 2 is 2.14 bits per heavy atom. The monoisotopic (exact) mass is 185 g/mol. The van der Waals surface area contributed by atoms with Crippen LogP contribution in [-0.2, 0) is 6.42 Å². The molecular weight excluding hydrogens is 174 g/mol. The highest BCUT2D eigenvalue weighted by molar-refractivity contribution is 5.81. The number of furan rings is 1. The SMILES string of the molecule is [C-]#[N+]CCc1oc2ccccc2c1C. The van der Waals surface area contributed by atoms with Crippen LogP contribution in [0.5, 0.6) is 0 Å². The van der Waals surface area contributed by atoms with Crippen LogP contribution in [0, 0.1) is 13.5 Å². The second-order valence-corrected chi connectivity index (χ2v) is 3.28. The molecule has 0 aliphatic heterocycles. The molecular formula is C12H11NO. The summed E-state index contributed by atoms with van der Waals surface area (Å²) in [4.78, 5) is 3.33. The lowest BCUT2D eigenvalue weighted by Gasteiger charge is -1.89. The minimum absolute atomic E-state index is 0.501. The quantitative estimate of drug-likeness (QED) is 0.657. The Hall–Kier alpha value is -1.75. The van der Waals surface area contributed by atoms with Gasteiger partial charge in [-0.15, -0.1) is 0 Å². The summed E-state index contributed by atoms with van der Waals surface area (Å²) in [5, 5.41) is 1.16. The van der Waals surface area contributed by atoms with Crippen LogP contribution in [0.2, 0.25) is 0 Å². The molecule has 0 saturated heterocycles. The second kappa shape index (κ2) is 3.55. The van der Waals surface area contributed by atoms with Gasteiger partial charge in [0.05, 0.1) is 6.42 Å². The van der Waals surface area contributed by atoms with E-state index in [0.717, 1.165) is 16.7 Å². The van der Waals surface area contributed by atoms with Gasteiger partial charge in [-0.2, -0.15) is 0 Å². The molecule has 0 unspecified atom stereocenters. The lowest BCUT2D eigenvalue weighted by atomic mass is 10.1. The van der Waals surface area contributed by atoms with Crippen LogP contribution in [0.4, 0.5) is 0 Å². The normalized spacial score (nSPS) is 10.3. The van der Waals surface area contributed by atoms with Gasteiger partial charge in [0.25, 0.3) is 0 Å². The maximum Gasteiger partial charge on any atom is 0.221 e. The highest BCUT2D eigenvalue weighted by Gasteiger charge is 2.09. The number of nitrogens with zero attached hydrogens (tertiary/aromatic N) is 1. The first-order valence-electron chi connectivity index (χ1n) is 4.63. The summed E-state index contributed by atoms with van der Waals surface area (Å²) in [7, 11) is 0. The first-order chi connectivity index (χ1) is 6.83. The molecule has 2 heteroatoms. The largest absolute Gasteiger partial charge is 0.460 e. The molecule has 0 bridgehead atoms. The van der Waals surface area contributed by atoms with Crippen molar-refractivity contribution in [2.45, 2.75) is 13.3 Å². The van der Waals surface area contributed by atoms with E-state index in [-0.39, 0.29) is 0 Å². The van der Waals surface area contributed by atoms with Crippen molar-refractivity contribution in [2.24, 2.45) is 0 Å². The molecule has 2 rings (SSSR count). The smallest absolute Gasteiger partial charge is 0.221 e. The summed E-state index contributed by atoms with van der Waals surface area (Å²) in [5.74, 6) is 0.946. The van der Waals surface area contributed by atoms with Crippen LogP contribution in [0.1, 0.15) is 11.3 Å². The van der Waals surface area contributed by atoms with E-state index in [4.69, 9.17) is 11.0 Å². The Labute approximate surface area is 83.0 Å². The summed E-state index contributed by atoms with van der Waals surface area (Å²) >= 11 is 0. The average molecular weight is 185 g/mol. The fourth-order valence-corrected chi connectivity index (χ4v) is 1.62. The molecule has 0 amide bonds. The van der Waals surface area contributed by atoms with Crippen LogP contribution in [0.3, 0.4) is 0 Å². The van der Waals surface area contributed by atoms with Crippen molar-refractivity contribution in [3.05, 3.63) is 47.0 Å². The fraction of sp³-hybridized carbons (Fsp3) is 0.250. The summed E-state index contributed by atoms with van der Waals surface area (Å²) in [6, 6.07) is 7.98. The minimum atomic E-state index is 0.501. The van der Waals surface area contributed by atoms with E-state index in [1.807, 2.05) is 25.1 Å². The van der Waals surface area contributed by atoms with Crippen LogP contribution in [0.15, 0.2) is 28.7 Å². The summed E-state index contributed by atoms with van der Waals surface area (Å²) in [6.07, 6.45) is 0.712. The van der Waals surface area contributed by atoms with Crippen molar-refractivity contribution in [3.8, 4) is 0 Å². The van der Waals surface area contributed by atoms with E-state index < -0.39 is 0 Å². The van der Waals surface area contributed by atoms with Crippen molar-refractivity contribution in [3.63, 3.8) is 0 Å². The summed E-state index contributed by atoms with van der Waals surface area (Å²) in [6.45, 7) is 9.29. The number of para-hydroxylation sites is 1. The van der Waals surface area contributed by atoms with E-state index in [0.29, 0.717) is 13.0 Å². The molecule has 0 N–H and O–H groups in total. The number of hydrogen-bond donors (Lipinski definition) is 0. The van der Waals surface area contributed by atoms with Gasteiger partial charge >= 0.3 is 0 Å². The first-order valence-corrected chi connectivity index (χ1v) is 4.63. The summed E-state index contributed by atoms with van der Waals surface area (Å²) in [5.41, 5.74) is 2.09. The minimum Gasteiger partial charge on any atom is -0.460 e. The van der Waals surface area contributed by atoms with Crippen molar-refractivity contribution in [1.29, 1.82) is 0 Å². The van der Waals surface area contributed by atoms with Crippen molar-refractivity contribution in [2.75, 3.05) is 6.54 Å². The van der Waals surface area contributed by atoms with Gasteiger partial charge in [-0.1, -0.05) is 18.2 Å². The number of aryl methyl sites for hydroxylation is 1. The third kappa shape index (κ3) is 1.38. The lowest BCUT2D eigenvalue weighted by molar-refractivity contribution is 0.551. The van der Waals surface area contributed by atoms with Gasteiger partial charge in [-0.3, -0.25) is 0 Å². The molecule has 0 spiro atoms. The standard InChI is InChI=1S/C12H11NO/c1-9-10-5-3-4-6-12(10)14-11(9)7-8-13-2/h3-6H,7-8H2,1H3. The number of fused-ring (bicyclic) bond motifs is 1. The van der Waals surface area contributed by atoms with Crippen molar-refractivity contribution >= 4 is 11.0 Å². The Morgan fingerprint density at radius 3 is 2.86 bits per heavy atom. The van der Waals surface area contributed by atoms with E-state index in [1.54, 1.807) is 0 Å². The topological polar surface area (TPSA) is 17.5 Å². The molecule has 0 atom stereocenters. The van der Waals surface area contributed by atoms with E-state index in [1.165, 1.54) is 5.56 Å². The number of benzene rings is 1. The van der Waals surface area contributed by atoms with Crippen LogP contribution in [0.25, 0.3) is 15.8 Å². The Bertz CT molecular complexity index is 490. The zero-order valence-electron chi connectivity index (χ0n) is 8.08. The molecule has 0 saturated carbocycles. The van der Waals surface area contributed by atoms with E-state index in [2.05, 4.69) is 10.9 Å². The van der Waals surface area contributed by atoms with E-state index >= 15 is 0 Å². The third-order valence-electron chi connectivity index (χ3n) is 2.39. The molecule has 2 aromatic rings. The molecule has 0 aliphatic carbocycles. The van der Waals surface area contributed by atoms with Gasteiger partial charge in [0.1, 0.15) is 11.3 Å². The molecule has 1 aromatic carbocycles. The third-order valence-corrected chi connectivity index (χ3v) is 2.39. The van der Waals surface area contributed by atoms with Gasteiger partial charge in [0.2, 0.25) is 6.54 Å². The highest BCUT2D eigenvalue weighted by atomic mass is 16.3. The van der Waals surface area contributed by atoms with Gasteiger partial charge < -0.3 is 9.26 Å². The summed E-state index contributed by atoms with van der Waals surface area (Å²) < 4.78 is 5.66. The Kier molecular flexibility index (Phi) is 2.24. The Balaban J connectivity index is 2.47. The maximum absolute atomic E-state index is 6.74. The maximum atomic E-state index is 6.74. The molecule has 1 heterocycles. The predicted molar refractivity (Wildman–Crippen MR) is 56.1 cm³/mol. The molecule has 0 radical (unpaired) electrons. The average Bonchev–Trinajstić information content (AvgIpc) is 2.54. The zero-order valence-corrected chi connectivity index (χ0v) is 8.08. The molecule has 0 aliphatic rings. The molecule has 2 nitrogen and oxygen atoms in total. The predicted octanol–water partition coefficient (Wildman–Crippen LogP) is 3.20. The first kappa shape index (κ1) is 8.83. The lowest BCUT2D eigenvalue weighted by Crippen LogP contribution is -1.86. The zero-order chi connectivity index (χ0) is 9.97. The van der Waals surface area contributed by atoms with E-state index in [9.17, 15) is 0 Å². The van der Waals surface area contributed by atoms with Gasteiger partial charge in [0, 0.05) is 5.39 Å². The van der Waals surface area contributed by atoms with Crippen LogP contribution >= 0.6 is 0 Å². The van der Waals surface area contributed by atoms with Gasteiger partial charge in [-0.05, 0) is 18.6 Å². The highest BCUT2D eigenvalue weighted by Crippen LogP contribution is 2.24. The van der Waals surface area contributed by atoms with Crippen LogP contribution in [-0.4, -0.2) is 6.54 Å². The second-order valence-electron chi connectivity index (χ2n) is 3.28. The molecule has 70 valence electrons. The molecule has 14 heavy (non-hydrogen) atoms. The van der Waals surface area contributed by atoms with Gasteiger partial charge in [0.15, 0.2) is 0 Å². The number of rotatable bonds is 2. The van der Waals surface area contributed by atoms with Crippen LogP contribution < -0.4 is 0 Å². The van der Waals surface area contributed by atoms with Crippen molar-refractivity contribution < 1.29 is 4.42 Å². The fourth-order valence-electron chi connectivity index (χ4n) is 1.62. The number of hydrogen-bond acceptors (Lipinski definition) is 1. The Morgan fingerprint density at radius 1 is 1.36 bits per heavy atom. The van der Waals surface area contributed by atoms with Crippen molar-refractivity contribution in [1.82, 2.24) is 0 Å². The van der Waals surface area contributed by atoms with Gasteiger partial charge in [-0.25, -0.2) is 6.57 Å². The molecule has 0 fully saturated rings.